The number of nitrogens with one attached hydrogen (secondary N) is 1. The van der Waals surface area contributed by atoms with Crippen molar-refractivity contribution in [3.05, 3.63) is 77.6 Å². The number of aromatic nitrogens is 2. The topological polar surface area (TPSA) is 50.2 Å². The molecule has 0 saturated carbocycles. The summed E-state index contributed by atoms with van der Waals surface area (Å²) in [6.07, 6.45) is 1.94. The van der Waals surface area contributed by atoms with E-state index in [0.717, 1.165) is 22.6 Å². The molecule has 26 heavy (non-hydrogen) atoms. The number of rotatable bonds is 3. The molecule has 0 bridgehead atoms. The summed E-state index contributed by atoms with van der Waals surface area (Å²) in [7, 11) is 0. The molecule has 5 nitrogen and oxygen atoms in total. The first kappa shape index (κ1) is 16.4. The monoisotopic (exact) mass is 346 g/mol. The van der Waals surface area contributed by atoms with Gasteiger partial charge in [0.1, 0.15) is 0 Å². The maximum Gasteiger partial charge on any atom is 0.322 e. The fraction of sp³-hybridized carbons (Fsp3) is 0.238. The number of fused-ring (bicyclic) bond motifs is 1. The number of hydrogen-bond donors (Lipinski definition) is 1. The molecule has 3 aromatic rings. The summed E-state index contributed by atoms with van der Waals surface area (Å²) < 4.78 is 1.85. The summed E-state index contributed by atoms with van der Waals surface area (Å²) in [6.45, 7) is 5.29. The highest BCUT2D eigenvalue weighted by Gasteiger charge is 2.29. The van der Waals surface area contributed by atoms with E-state index in [1.54, 1.807) is 0 Å². The van der Waals surface area contributed by atoms with Gasteiger partial charge in [-0.15, -0.1) is 0 Å². The maximum atomic E-state index is 12.8. The number of urea groups is 1. The largest absolute Gasteiger partial charge is 0.334 e. The lowest BCUT2D eigenvalue weighted by atomic mass is 10.0. The Bertz CT molecular complexity index is 946. The quantitative estimate of drug-likeness (QED) is 0.779. The van der Waals surface area contributed by atoms with Crippen LogP contribution in [0.5, 0.6) is 0 Å². The minimum Gasteiger partial charge on any atom is -0.334 e. The molecule has 0 unspecified atom stereocenters. The standard InChI is InChI=1S/C21H22N4O/c1-15-14-24(20-10-6-4-8-18(15)20)21(26)22-13-17-7-3-5-9-19(17)25-12-11-16(2)23-25/h3-12,15H,13-14H2,1-2H3,(H,22,26)/t15-/m0/s1. The molecule has 0 aliphatic carbocycles. The molecule has 0 fully saturated rings. The van der Waals surface area contributed by atoms with Crippen LogP contribution in [0.15, 0.2) is 60.8 Å². The molecule has 4 rings (SSSR count). The second kappa shape index (κ2) is 6.67. The van der Waals surface area contributed by atoms with E-state index in [0.29, 0.717) is 19.0 Å². The lowest BCUT2D eigenvalue weighted by Gasteiger charge is -2.19. The SMILES string of the molecule is Cc1ccn(-c2ccccc2CNC(=O)N2C[C@H](C)c3ccccc32)n1. The summed E-state index contributed by atoms with van der Waals surface area (Å²) in [5.74, 6) is 0.358. The molecule has 132 valence electrons. The van der Waals surface area contributed by atoms with Gasteiger partial charge >= 0.3 is 6.03 Å². The molecule has 0 radical (unpaired) electrons. The van der Waals surface area contributed by atoms with Crippen LogP contribution >= 0.6 is 0 Å². The van der Waals surface area contributed by atoms with Crippen molar-refractivity contribution in [1.29, 1.82) is 0 Å². The Morgan fingerprint density at radius 1 is 1.12 bits per heavy atom. The lowest BCUT2D eigenvalue weighted by Crippen LogP contribution is -2.39. The molecule has 2 heterocycles. The van der Waals surface area contributed by atoms with E-state index in [2.05, 4.69) is 23.4 Å². The Balaban J connectivity index is 1.51. The fourth-order valence-corrected chi connectivity index (χ4v) is 3.51. The number of nitrogens with zero attached hydrogens (tertiary/aromatic N) is 3. The van der Waals surface area contributed by atoms with Crippen LogP contribution in [-0.4, -0.2) is 22.4 Å². The van der Waals surface area contributed by atoms with Crippen LogP contribution < -0.4 is 10.2 Å². The summed E-state index contributed by atoms with van der Waals surface area (Å²) in [6, 6.07) is 18.0. The molecule has 1 aromatic heterocycles. The number of carbonyl (C=O) groups is 1. The van der Waals surface area contributed by atoms with Crippen LogP contribution in [0.3, 0.4) is 0 Å². The predicted octanol–water partition coefficient (Wildman–Crippen LogP) is 4.01. The lowest BCUT2D eigenvalue weighted by molar-refractivity contribution is 0.246. The van der Waals surface area contributed by atoms with E-state index in [1.165, 1.54) is 5.56 Å². The molecule has 1 atom stereocenters. The summed E-state index contributed by atoms with van der Waals surface area (Å²) in [5, 5.41) is 7.54. The first-order valence-electron chi connectivity index (χ1n) is 8.88. The maximum absolute atomic E-state index is 12.8. The van der Waals surface area contributed by atoms with Gasteiger partial charge in [0.2, 0.25) is 0 Å². The van der Waals surface area contributed by atoms with Crippen molar-refractivity contribution in [2.45, 2.75) is 26.3 Å². The molecule has 0 spiro atoms. The zero-order valence-electron chi connectivity index (χ0n) is 15.0. The molecule has 1 aliphatic rings. The smallest absolute Gasteiger partial charge is 0.322 e. The van der Waals surface area contributed by atoms with Gasteiger partial charge in [0.05, 0.1) is 11.4 Å². The van der Waals surface area contributed by atoms with Crippen molar-refractivity contribution in [1.82, 2.24) is 15.1 Å². The first-order valence-corrected chi connectivity index (χ1v) is 8.88. The third-order valence-electron chi connectivity index (χ3n) is 4.85. The van der Waals surface area contributed by atoms with Crippen LogP contribution in [-0.2, 0) is 6.54 Å². The minimum atomic E-state index is -0.0618. The highest BCUT2D eigenvalue weighted by molar-refractivity contribution is 5.94. The molecule has 1 N–H and O–H groups in total. The van der Waals surface area contributed by atoms with Gasteiger partial charge in [0.25, 0.3) is 0 Å². The Hall–Kier alpha value is -3.08. The van der Waals surface area contributed by atoms with Crippen molar-refractivity contribution in [2.24, 2.45) is 0 Å². The van der Waals surface area contributed by atoms with Gasteiger partial charge in [-0.1, -0.05) is 43.3 Å². The van der Waals surface area contributed by atoms with Crippen LogP contribution in [0.4, 0.5) is 10.5 Å². The second-order valence-electron chi connectivity index (χ2n) is 6.76. The van der Waals surface area contributed by atoms with Crippen molar-refractivity contribution in [2.75, 3.05) is 11.4 Å². The van der Waals surface area contributed by atoms with Gasteiger partial charge in [-0.3, -0.25) is 4.90 Å². The Morgan fingerprint density at radius 2 is 1.85 bits per heavy atom. The van der Waals surface area contributed by atoms with Crippen molar-refractivity contribution in [3.8, 4) is 5.69 Å². The van der Waals surface area contributed by atoms with Crippen LogP contribution in [0.1, 0.15) is 29.7 Å². The van der Waals surface area contributed by atoms with Crippen molar-refractivity contribution >= 4 is 11.7 Å². The normalized spacial score (nSPS) is 15.8. The van der Waals surface area contributed by atoms with Gasteiger partial charge in [-0.2, -0.15) is 5.10 Å². The summed E-state index contributed by atoms with van der Waals surface area (Å²) in [5.41, 5.74) is 5.22. The van der Waals surface area contributed by atoms with E-state index in [4.69, 9.17) is 0 Å². The predicted molar refractivity (Wildman–Crippen MR) is 103 cm³/mol. The molecule has 1 aliphatic heterocycles. The molecular weight excluding hydrogens is 324 g/mol. The molecule has 5 heteroatoms. The Kier molecular flexibility index (Phi) is 4.21. The summed E-state index contributed by atoms with van der Waals surface area (Å²) in [4.78, 5) is 14.6. The van der Waals surface area contributed by atoms with Crippen molar-refractivity contribution in [3.63, 3.8) is 0 Å². The van der Waals surface area contributed by atoms with Gasteiger partial charge in [0, 0.05) is 30.9 Å². The number of aryl methyl sites for hydroxylation is 1. The summed E-state index contributed by atoms with van der Waals surface area (Å²) >= 11 is 0. The average Bonchev–Trinajstić information content (AvgIpc) is 3.24. The second-order valence-corrected chi connectivity index (χ2v) is 6.76. The van der Waals surface area contributed by atoms with E-state index in [9.17, 15) is 4.79 Å². The minimum absolute atomic E-state index is 0.0618. The number of anilines is 1. The average molecular weight is 346 g/mol. The number of hydrogen-bond acceptors (Lipinski definition) is 2. The number of para-hydroxylation sites is 2. The zero-order valence-corrected chi connectivity index (χ0v) is 15.0. The fourth-order valence-electron chi connectivity index (χ4n) is 3.51. The third kappa shape index (κ3) is 2.96. The van der Waals surface area contributed by atoms with E-state index in [-0.39, 0.29) is 6.03 Å². The van der Waals surface area contributed by atoms with Gasteiger partial charge in [-0.05, 0) is 36.2 Å². The van der Waals surface area contributed by atoms with Gasteiger partial charge in [0.15, 0.2) is 0 Å². The van der Waals surface area contributed by atoms with Crippen LogP contribution in [0.25, 0.3) is 5.69 Å². The van der Waals surface area contributed by atoms with Gasteiger partial charge < -0.3 is 5.32 Å². The van der Waals surface area contributed by atoms with E-state index < -0.39 is 0 Å². The number of carbonyl (C=O) groups excluding carboxylic acids is 1. The molecule has 2 aromatic carbocycles. The number of amides is 2. The molecule has 2 amide bonds. The third-order valence-corrected chi connectivity index (χ3v) is 4.85. The highest BCUT2D eigenvalue weighted by Crippen LogP contribution is 2.35. The van der Waals surface area contributed by atoms with Crippen molar-refractivity contribution < 1.29 is 4.79 Å². The molecule has 0 saturated heterocycles. The Morgan fingerprint density at radius 3 is 2.62 bits per heavy atom. The van der Waals surface area contributed by atoms with E-state index in [1.807, 2.05) is 71.2 Å². The first-order chi connectivity index (χ1) is 12.6. The highest BCUT2D eigenvalue weighted by atomic mass is 16.2. The molecular formula is C21H22N4O. The van der Waals surface area contributed by atoms with E-state index >= 15 is 0 Å². The van der Waals surface area contributed by atoms with Crippen LogP contribution in [0, 0.1) is 6.92 Å². The van der Waals surface area contributed by atoms with Crippen LogP contribution in [0.2, 0.25) is 0 Å². The zero-order chi connectivity index (χ0) is 18.1. The number of benzene rings is 2. The van der Waals surface area contributed by atoms with Gasteiger partial charge in [-0.25, -0.2) is 9.48 Å². The Labute approximate surface area is 153 Å².